The van der Waals surface area contributed by atoms with E-state index >= 15 is 0 Å². The third-order valence-electron chi connectivity index (χ3n) is 3.04. The van der Waals surface area contributed by atoms with Crippen LogP contribution in [0.4, 0.5) is 5.88 Å². The van der Waals surface area contributed by atoms with Gasteiger partial charge < -0.3 is 8.83 Å². The maximum Gasteiger partial charge on any atom is 0.433 e. The molecule has 0 aliphatic heterocycles. The molecule has 0 amide bonds. The van der Waals surface area contributed by atoms with Gasteiger partial charge in [0.15, 0.2) is 5.76 Å². The number of nitrogens with zero attached hydrogens (tertiary/aromatic N) is 3. The van der Waals surface area contributed by atoms with Crippen molar-refractivity contribution in [2.45, 2.75) is 0 Å². The van der Waals surface area contributed by atoms with Gasteiger partial charge in [-0.25, -0.2) is 0 Å². The monoisotopic (exact) mass is 313 g/mol. The average Bonchev–Trinajstić information content (AvgIpc) is 3.24. The average molecular weight is 313 g/mol. The van der Waals surface area contributed by atoms with Gasteiger partial charge in [0.25, 0.3) is 11.8 Å². The summed E-state index contributed by atoms with van der Waals surface area (Å²) in [6.45, 7) is 0. The maximum atomic E-state index is 10.6. The third kappa shape index (κ3) is 2.06. The van der Waals surface area contributed by atoms with E-state index in [-0.39, 0.29) is 17.5 Å². The van der Waals surface area contributed by atoms with Gasteiger partial charge in [0.1, 0.15) is 4.92 Å². The summed E-state index contributed by atoms with van der Waals surface area (Å²) in [4.78, 5) is 10.8. The Labute approximate surface area is 127 Å². The van der Waals surface area contributed by atoms with Crippen molar-refractivity contribution in [2.75, 3.05) is 0 Å². The molecule has 0 aliphatic rings. The van der Waals surface area contributed by atoms with Gasteiger partial charge in [0, 0.05) is 4.70 Å². The Morgan fingerprint density at radius 3 is 2.64 bits per heavy atom. The van der Waals surface area contributed by atoms with E-state index in [2.05, 4.69) is 10.2 Å². The summed E-state index contributed by atoms with van der Waals surface area (Å²) in [5, 5.41) is 19.6. The third-order valence-corrected chi connectivity index (χ3v) is 4.15. The van der Waals surface area contributed by atoms with Crippen LogP contribution in [-0.4, -0.2) is 15.1 Å². The topological polar surface area (TPSA) is 95.2 Å². The molecule has 0 saturated carbocycles. The van der Waals surface area contributed by atoms with Crippen molar-refractivity contribution in [2.24, 2.45) is 0 Å². The molecule has 0 saturated heterocycles. The van der Waals surface area contributed by atoms with Crippen LogP contribution in [0.25, 0.3) is 32.5 Å². The second-order valence-corrected chi connectivity index (χ2v) is 5.54. The molecule has 0 fully saturated rings. The SMILES string of the molecule is O=[N+]([O-])c1ccc(-c2nnc(-c3cc4ccccc4s3)o2)o1. The van der Waals surface area contributed by atoms with E-state index in [0.29, 0.717) is 5.89 Å². The molecule has 4 aromatic rings. The van der Waals surface area contributed by atoms with Gasteiger partial charge in [-0.05, 0) is 23.6 Å². The Hall–Kier alpha value is -3.00. The minimum Gasteiger partial charge on any atom is -0.413 e. The van der Waals surface area contributed by atoms with Crippen LogP contribution in [0, 0.1) is 10.1 Å². The number of hydrogen-bond acceptors (Lipinski definition) is 7. The summed E-state index contributed by atoms with van der Waals surface area (Å²) in [7, 11) is 0. The lowest BCUT2D eigenvalue weighted by Crippen LogP contribution is -1.82. The Balaban J connectivity index is 1.72. The highest BCUT2D eigenvalue weighted by Crippen LogP contribution is 2.34. The zero-order valence-electron chi connectivity index (χ0n) is 10.9. The molecule has 0 aliphatic carbocycles. The van der Waals surface area contributed by atoms with Crippen LogP contribution >= 0.6 is 11.3 Å². The second-order valence-electron chi connectivity index (χ2n) is 4.46. The Morgan fingerprint density at radius 2 is 1.86 bits per heavy atom. The van der Waals surface area contributed by atoms with Crippen LogP contribution in [0.3, 0.4) is 0 Å². The van der Waals surface area contributed by atoms with Gasteiger partial charge in [-0.3, -0.25) is 10.1 Å². The van der Waals surface area contributed by atoms with Crippen LogP contribution in [-0.2, 0) is 0 Å². The van der Waals surface area contributed by atoms with E-state index in [9.17, 15) is 10.1 Å². The molecular weight excluding hydrogens is 306 g/mol. The highest BCUT2D eigenvalue weighted by molar-refractivity contribution is 7.22. The fourth-order valence-corrected chi connectivity index (χ4v) is 3.03. The minimum absolute atomic E-state index is 0.112. The standard InChI is InChI=1S/C14H7N3O4S/c18-17(19)12-6-5-9(20-12)13-15-16-14(21-13)11-7-8-3-1-2-4-10(8)22-11/h1-7H. The van der Waals surface area contributed by atoms with E-state index in [1.165, 1.54) is 23.5 Å². The molecule has 0 N–H and O–H groups in total. The van der Waals surface area contributed by atoms with E-state index < -0.39 is 4.92 Å². The van der Waals surface area contributed by atoms with Crippen molar-refractivity contribution < 1.29 is 13.8 Å². The predicted octanol–water partition coefficient (Wildman–Crippen LogP) is 4.12. The van der Waals surface area contributed by atoms with Gasteiger partial charge in [0.05, 0.1) is 10.9 Å². The minimum atomic E-state index is -0.618. The number of nitro groups is 1. The molecule has 8 heteroatoms. The Morgan fingerprint density at radius 1 is 1.05 bits per heavy atom. The van der Waals surface area contributed by atoms with E-state index in [1.807, 2.05) is 30.3 Å². The van der Waals surface area contributed by atoms with Crippen molar-refractivity contribution in [3.63, 3.8) is 0 Å². The fourth-order valence-electron chi connectivity index (χ4n) is 2.05. The maximum absolute atomic E-state index is 10.6. The molecular formula is C14H7N3O4S. The number of rotatable bonds is 3. The van der Waals surface area contributed by atoms with Crippen molar-refractivity contribution in [1.82, 2.24) is 10.2 Å². The van der Waals surface area contributed by atoms with Crippen LogP contribution in [0.5, 0.6) is 0 Å². The molecule has 1 aromatic carbocycles. The summed E-state index contributed by atoms with van der Waals surface area (Å²) in [6, 6.07) is 12.6. The van der Waals surface area contributed by atoms with E-state index in [4.69, 9.17) is 8.83 Å². The summed E-state index contributed by atoms with van der Waals surface area (Å²) in [6.07, 6.45) is 0. The number of aromatic nitrogens is 2. The first-order chi connectivity index (χ1) is 10.7. The molecule has 4 rings (SSSR count). The molecule has 3 heterocycles. The largest absolute Gasteiger partial charge is 0.433 e. The molecule has 0 spiro atoms. The van der Waals surface area contributed by atoms with Crippen LogP contribution in [0.15, 0.2) is 51.3 Å². The Bertz CT molecular complexity index is 952. The first-order valence-electron chi connectivity index (χ1n) is 6.28. The summed E-state index contributed by atoms with van der Waals surface area (Å²) in [5.74, 6) is 0.277. The van der Waals surface area contributed by atoms with Gasteiger partial charge in [0.2, 0.25) is 0 Å². The lowest BCUT2D eigenvalue weighted by molar-refractivity contribution is -0.401. The predicted molar refractivity (Wildman–Crippen MR) is 79.5 cm³/mol. The van der Waals surface area contributed by atoms with Crippen LogP contribution in [0.1, 0.15) is 0 Å². The second kappa shape index (κ2) is 4.78. The van der Waals surface area contributed by atoms with E-state index in [1.54, 1.807) is 0 Å². The van der Waals surface area contributed by atoms with Crippen molar-refractivity contribution in [3.05, 3.63) is 52.6 Å². The number of thiophene rings is 1. The van der Waals surface area contributed by atoms with Gasteiger partial charge in [-0.2, -0.15) is 0 Å². The molecule has 0 atom stereocenters. The highest BCUT2D eigenvalue weighted by atomic mass is 32.1. The summed E-state index contributed by atoms with van der Waals surface area (Å²) < 4.78 is 11.7. The van der Waals surface area contributed by atoms with E-state index in [0.717, 1.165) is 15.0 Å². The molecule has 0 radical (unpaired) electrons. The molecule has 22 heavy (non-hydrogen) atoms. The normalized spacial score (nSPS) is 11.1. The summed E-state index contributed by atoms with van der Waals surface area (Å²) in [5.41, 5.74) is 0. The van der Waals surface area contributed by atoms with Gasteiger partial charge in [-0.1, -0.05) is 18.2 Å². The van der Waals surface area contributed by atoms with Crippen molar-refractivity contribution in [3.8, 4) is 22.4 Å². The fraction of sp³-hybridized carbons (Fsp3) is 0. The number of fused-ring (bicyclic) bond motifs is 1. The molecule has 3 aromatic heterocycles. The zero-order valence-corrected chi connectivity index (χ0v) is 11.7. The molecule has 0 bridgehead atoms. The lowest BCUT2D eigenvalue weighted by Gasteiger charge is -1.87. The smallest absolute Gasteiger partial charge is 0.413 e. The first kappa shape index (κ1) is 12.7. The highest BCUT2D eigenvalue weighted by Gasteiger charge is 2.19. The first-order valence-corrected chi connectivity index (χ1v) is 7.09. The van der Waals surface area contributed by atoms with Crippen molar-refractivity contribution >= 4 is 27.3 Å². The van der Waals surface area contributed by atoms with Gasteiger partial charge >= 0.3 is 5.88 Å². The zero-order chi connectivity index (χ0) is 15.1. The number of benzene rings is 1. The quantitative estimate of drug-likeness (QED) is 0.417. The molecule has 108 valence electrons. The van der Waals surface area contributed by atoms with Gasteiger partial charge in [-0.15, -0.1) is 21.5 Å². The number of furan rings is 1. The van der Waals surface area contributed by atoms with Crippen molar-refractivity contribution in [1.29, 1.82) is 0 Å². The molecule has 0 unspecified atom stereocenters. The van der Waals surface area contributed by atoms with Crippen LogP contribution < -0.4 is 0 Å². The lowest BCUT2D eigenvalue weighted by atomic mass is 10.2. The summed E-state index contributed by atoms with van der Waals surface area (Å²) >= 11 is 1.53. The number of hydrogen-bond donors (Lipinski definition) is 0. The van der Waals surface area contributed by atoms with Crippen LogP contribution in [0.2, 0.25) is 0 Å². The Kier molecular flexibility index (Phi) is 2.76. The molecule has 7 nitrogen and oxygen atoms in total.